The van der Waals surface area contributed by atoms with Crippen molar-refractivity contribution in [2.75, 3.05) is 10.0 Å². The summed E-state index contributed by atoms with van der Waals surface area (Å²) in [6.45, 7) is 0. The Labute approximate surface area is 181 Å². The Hall–Kier alpha value is -2.41. The van der Waals surface area contributed by atoms with Crippen molar-refractivity contribution < 1.29 is 26.4 Å². The molecule has 30 heavy (non-hydrogen) atoms. The number of rotatable bonds is 5. The van der Waals surface area contributed by atoms with E-state index >= 15 is 0 Å². The molecule has 0 radical (unpaired) electrons. The number of nitrogens with zero attached hydrogens (tertiary/aromatic N) is 2. The van der Waals surface area contributed by atoms with Gasteiger partial charge in [-0.1, -0.05) is 46.7 Å². The zero-order valence-electron chi connectivity index (χ0n) is 14.4. The van der Waals surface area contributed by atoms with Crippen LogP contribution in [0, 0.1) is 0 Å². The van der Waals surface area contributed by atoms with E-state index in [0.29, 0.717) is 17.4 Å². The molecule has 0 bridgehead atoms. The highest BCUT2D eigenvalue weighted by atomic mass is 35.5. The zero-order valence-corrected chi connectivity index (χ0v) is 17.5. The van der Waals surface area contributed by atoms with Gasteiger partial charge in [0.2, 0.25) is 5.13 Å². The topological polar surface area (TPSA) is 101 Å². The molecule has 14 heteroatoms. The summed E-state index contributed by atoms with van der Waals surface area (Å²) in [4.78, 5) is 12.2. The van der Waals surface area contributed by atoms with Crippen molar-refractivity contribution >= 4 is 61.3 Å². The molecule has 7 nitrogen and oxygen atoms in total. The van der Waals surface area contributed by atoms with Gasteiger partial charge in [-0.25, -0.2) is 0 Å². The van der Waals surface area contributed by atoms with Crippen LogP contribution in [0.25, 0.3) is 0 Å². The summed E-state index contributed by atoms with van der Waals surface area (Å²) >= 11 is 11.9. The molecule has 2 aromatic carbocycles. The number of carbonyl (C=O) groups excluding carboxylic acids is 1. The van der Waals surface area contributed by atoms with Crippen molar-refractivity contribution in [3.8, 4) is 0 Å². The molecule has 0 saturated carbocycles. The van der Waals surface area contributed by atoms with Crippen LogP contribution < -0.4 is 10.0 Å². The fourth-order valence-corrected chi connectivity index (χ4v) is 4.58. The molecule has 1 heterocycles. The number of benzene rings is 2. The number of anilines is 2. The molecule has 0 atom stereocenters. The van der Waals surface area contributed by atoms with Crippen LogP contribution in [0.2, 0.25) is 10.0 Å². The molecule has 0 unspecified atom stereocenters. The molecule has 2 N–H and O–H groups in total. The molecular weight excluding hydrogens is 488 g/mol. The van der Waals surface area contributed by atoms with Gasteiger partial charge in [-0.3, -0.25) is 14.8 Å². The van der Waals surface area contributed by atoms with E-state index < -0.39 is 37.0 Å². The molecule has 3 rings (SSSR count). The highest BCUT2D eigenvalue weighted by molar-refractivity contribution is 7.94. The van der Waals surface area contributed by atoms with E-state index in [-0.39, 0.29) is 21.4 Å². The Morgan fingerprint density at radius 3 is 2.40 bits per heavy atom. The van der Waals surface area contributed by atoms with Crippen molar-refractivity contribution in [1.82, 2.24) is 10.2 Å². The van der Waals surface area contributed by atoms with E-state index in [0.717, 1.165) is 12.1 Å². The van der Waals surface area contributed by atoms with Crippen LogP contribution in [0.15, 0.2) is 46.8 Å². The highest BCUT2D eigenvalue weighted by Gasteiger charge is 2.34. The van der Waals surface area contributed by atoms with Crippen LogP contribution in [-0.4, -0.2) is 24.5 Å². The third kappa shape index (κ3) is 5.01. The van der Waals surface area contributed by atoms with Gasteiger partial charge < -0.3 is 0 Å². The van der Waals surface area contributed by atoms with Crippen molar-refractivity contribution in [2.45, 2.75) is 10.5 Å². The van der Waals surface area contributed by atoms with Gasteiger partial charge in [0.15, 0.2) is 0 Å². The molecule has 1 amide bonds. The first-order chi connectivity index (χ1) is 14.0. The Bertz CT molecular complexity index is 1220. The first-order valence-corrected chi connectivity index (χ1v) is 10.8. The fraction of sp³-hybridized carbons (Fsp3) is 0.0625. The maximum Gasteiger partial charge on any atom is 0.417 e. The maximum absolute atomic E-state index is 12.9. The standard InChI is InChI=1S/C16H9Cl2F3N4O3S2/c17-11-4-2-1-3-9(11)13(26)22-14-23-24-15(29-14)30(27,28)25-8-5-6-12(18)10(7-8)16(19,20)21/h1-7,25H,(H,22,23,26). The number of hydrogen-bond acceptors (Lipinski definition) is 6. The first-order valence-electron chi connectivity index (χ1n) is 7.76. The quantitative estimate of drug-likeness (QED) is 0.488. The number of halogens is 5. The molecule has 0 saturated heterocycles. The van der Waals surface area contributed by atoms with Gasteiger partial charge in [0.05, 0.1) is 21.2 Å². The molecular formula is C16H9Cl2F3N4O3S2. The second-order valence-electron chi connectivity index (χ2n) is 5.60. The SMILES string of the molecule is O=C(Nc1nnc(S(=O)(=O)Nc2ccc(Cl)c(C(F)(F)F)c2)s1)c1ccccc1Cl. The molecule has 0 aliphatic carbocycles. The van der Waals surface area contributed by atoms with Gasteiger partial charge in [0, 0.05) is 5.69 Å². The number of aromatic nitrogens is 2. The summed E-state index contributed by atoms with van der Waals surface area (Å²) in [5.74, 6) is -0.638. The number of alkyl halides is 3. The van der Waals surface area contributed by atoms with Crippen LogP contribution in [0.5, 0.6) is 0 Å². The Balaban J connectivity index is 1.79. The third-order valence-corrected chi connectivity index (χ3v) is 6.75. The van der Waals surface area contributed by atoms with Crippen molar-refractivity contribution in [2.24, 2.45) is 0 Å². The van der Waals surface area contributed by atoms with Crippen LogP contribution in [0.3, 0.4) is 0 Å². The number of hydrogen-bond donors (Lipinski definition) is 2. The molecule has 1 aromatic heterocycles. The van der Waals surface area contributed by atoms with E-state index in [1.165, 1.54) is 12.1 Å². The zero-order chi connectivity index (χ0) is 22.1. The van der Waals surface area contributed by atoms with Crippen LogP contribution in [-0.2, 0) is 16.2 Å². The summed E-state index contributed by atoms with van der Waals surface area (Å²) in [6, 6.07) is 8.70. The molecule has 3 aromatic rings. The Kier molecular flexibility index (Phi) is 6.22. The second kappa shape index (κ2) is 8.38. The largest absolute Gasteiger partial charge is 0.417 e. The van der Waals surface area contributed by atoms with Crippen LogP contribution >= 0.6 is 34.5 Å². The van der Waals surface area contributed by atoms with E-state index in [1.54, 1.807) is 12.1 Å². The highest BCUT2D eigenvalue weighted by Crippen LogP contribution is 2.36. The summed E-state index contributed by atoms with van der Waals surface area (Å²) < 4.78 is 65.1. The number of sulfonamides is 1. The minimum Gasteiger partial charge on any atom is -0.296 e. The monoisotopic (exact) mass is 496 g/mol. The maximum atomic E-state index is 12.9. The van der Waals surface area contributed by atoms with Crippen LogP contribution in [0.1, 0.15) is 15.9 Å². The van der Waals surface area contributed by atoms with Gasteiger partial charge in [0.25, 0.3) is 20.3 Å². The first kappa shape index (κ1) is 22.3. The minimum atomic E-state index is -4.77. The van der Waals surface area contributed by atoms with E-state index in [2.05, 4.69) is 15.5 Å². The summed E-state index contributed by atoms with van der Waals surface area (Å²) in [6.07, 6.45) is -4.77. The predicted octanol–water partition coefficient (Wildman–Crippen LogP) is 4.92. The molecule has 158 valence electrons. The van der Waals surface area contributed by atoms with Crippen molar-refractivity contribution in [3.63, 3.8) is 0 Å². The lowest BCUT2D eigenvalue weighted by Crippen LogP contribution is -2.14. The molecule has 0 aliphatic rings. The Morgan fingerprint density at radius 1 is 1.03 bits per heavy atom. The van der Waals surface area contributed by atoms with Gasteiger partial charge in [0.1, 0.15) is 0 Å². The number of amides is 1. The molecule has 0 spiro atoms. The lowest BCUT2D eigenvalue weighted by Gasteiger charge is -2.11. The molecule has 0 fully saturated rings. The summed E-state index contributed by atoms with van der Waals surface area (Å²) in [5, 5.41) is 8.84. The van der Waals surface area contributed by atoms with E-state index in [9.17, 15) is 26.4 Å². The van der Waals surface area contributed by atoms with Crippen molar-refractivity contribution in [1.29, 1.82) is 0 Å². The van der Waals surface area contributed by atoms with Gasteiger partial charge >= 0.3 is 6.18 Å². The van der Waals surface area contributed by atoms with Gasteiger partial charge in [-0.05, 0) is 30.3 Å². The lowest BCUT2D eigenvalue weighted by atomic mass is 10.2. The summed E-state index contributed by atoms with van der Waals surface area (Å²) in [7, 11) is -4.37. The van der Waals surface area contributed by atoms with Crippen LogP contribution in [0.4, 0.5) is 24.0 Å². The van der Waals surface area contributed by atoms with Gasteiger partial charge in [-0.2, -0.15) is 21.6 Å². The lowest BCUT2D eigenvalue weighted by molar-refractivity contribution is -0.137. The number of carbonyl (C=O) groups is 1. The average Bonchev–Trinajstić information content (AvgIpc) is 3.12. The van der Waals surface area contributed by atoms with Crippen molar-refractivity contribution in [3.05, 3.63) is 63.6 Å². The fourth-order valence-electron chi connectivity index (χ4n) is 2.18. The van der Waals surface area contributed by atoms with E-state index in [1.807, 2.05) is 4.72 Å². The molecule has 0 aliphatic heterocycles. The van der Waals surface area contributed by atoms with E-state index in [4.69, 9.17) is 23.2 Å². The summed E-state index contributed by atoms with van der Waals surface area (Å²) in [5.41, 5.74) is -1.43. The third-order valence-electron chi connectivity index (χ3n) is 3.50. The predicted molar refractivity (Wildman–Crippen MR) is 107 cm³/mol. The average molecular weight is 497 g/mol. The normalized spacial score (nSPS) is 11.9. The second-order valence-corrected chi connectivity index (χ2v) is 9.25. The Morgan fingerprint density at radius 2 is 1.73 bits per heavy atom. The number of nitrogens with one attached hydrogen (secondary N) is 2. The van der Waals surface area contributed by atoms with Gasteiger partial charge in [-0.15, -0.1) is 10.2 Å². The minimum absolute atomic E-state index is 0.137. The smallest absolute Gasteiger partial charge is 0.296 e.